The second-order valence-electron chi connectivity index (χ2n) is 6.50. The Morgan fingerprint density at radius 2 is 1.80 bits per heavy atom. The van der Waals surface area contributed by atoms with E-state index in [1.165, 1.54) is 54.5 Å². The van der Waals surface area contributed by atoms with Gasteiger partial charge in [0.15, 0.2) is 0 Å². The summed E-state index contributed by atoms with van der Waals surface area (Å²) < 4.78 is 2.52. The van der Waals surface area contributed by atoms with Crippen LogP contribution in [0.3, 0.4) is 0 Å². The summed E-state index contributed by atoms with van der Waals surface area (Å²) in [6, 6.07) is 9.75. The van der Waals surface area contributed by atoms with Crippen molar-refractivity contribution in [3.63, 3.8) is 0 Å². The monoisotopic (exact) mass is 270 g/mol. The van der Waals surface area contributed by atoms with Gasteiger partial charge in [-0.25, -0.2) is 0 Å². The molecule has 0 bridgehead atoms. The standard InChI is InChI=1S/C18H26N2/c1-14(2)20-17(13-19-9-5-4-6-10-19)12-16-11-15(3)7-8-18(16)20/h7-8,11-12,14H,4-6,9-10,13H2,1-3H3. The third-order valence-corrected chi connectivity index (χ3v) is 4.42. The molecule has 3 rings (SSSR count). The van der Waals surface area contributed by atoms with E-state index in [-0.39, 0.29) is 0 Å². The van der Waals surface area contributed by atoms with Crippen LogP contribution in [0.1, 0.15) is 50.4 Å². The SMILES string of the molecule is Cc1ccc2c(c1)cc(CN1CCCCC1)n2C(C)C. The Morgan fingerprint density at radius 1 is 1.05 bits per heavy atom. The van der Waals surface area contributed by atoms with Crippen LogP contribution >= 0.6 is 0 Å². The van der Waals surface area contributed by atoms with Gasteiger partial charge in [0.25, 0.3) is 0 Å². The molecule has 0 radical (unpaired) electrons. The molecule has 1 aromatic carbocycles. The van der Waals surface area contributed by atoms with Crippen LogP contribution in [0.5, 0.6) is 0 Å². The van der Waals surface area contributed by atoms with Gasteiger partial charge >= 0.3 is 0 Å². The van der Waals surface area contributed by atoms with Crippen molar-refractivity contribution < 1.29 is 0 Å². The zero-order valence-corrected chi connectivity index (χ0v) is 13.0. The molecule has 0 amide bonds. The van der Waals surface area contributed by atoms with Crippen LogP contribution in [-0.4, -0.2) is 22.6 Å². The number of hydrogen-bond acceptors (Lipinski definition) is 1. The minimum absolute atomic E-state index is 0.523. The van der Waals surface area contributed by atoms with Crippen molar-refractivity contribution in [2.24, 2.45) is 0 Å². The molecule has 2 heterocycles. The van der Waals surface area contributed by atoms with Gasteiger partial charge in [-0.15, -0.1) is 0 Å². The normalized spacial score (nSPS) is 17.2. The summed E-state index contributed by atoms with van der Waals surface area (Å²) in [5, 5.41) is 1.39. The smallest absolute Gasteiger partial charge is 0.0485 e. The fraction of sp³-hybridized carbons (Fsp3) is 0.556. The van der Waals surface area contributed by atoms with Crippen LogP contribution in [0.15, 0.2) is 24.3 Å². The fourth-order valence-electron chi connectivity index (χ4n) is 3.49. The number of likely N-dealkylation sites (tertiary alicyclic amines) is 1. The molecule has 2 heteroatoms. The molecule has 1 fully saturated rings. The number of nitrogens with zero attached hydrogens (tertiary/aromatic N) is 2. The predicted molar refractivity (Wildman–Crippen MR) is 86.2 cm³/mol. The number of aryl methyl sites for hydroxylation is 1. The van der Waals surface area contributed by atoms with Gasteiger partial charge in [0, 0.05) is 29.2 Å². The Morgan fingerprint density at radius 3 is 2.50 bits per heavy atom. The van der Waals surface area contributed by atoms with Crippen LogP contribution < -0.4 is 0 Å². The zero-order valence-electron chi connectivity index (χ0n) is 13.0. The molecule has 1 aromatic heterocycles. The highest BCUT2D eigenvalue weighted by Gasteiger charge is 2.16. The second-order valence-corrected chi connectivity index (χ2v) is 6.50. The molecule has 2 aromatic rings. The average molecular weight is 270 g/mol. The molecule has 0 saturated carbocycles. The highest BCUT2D eigenvalue weighted by atomic mass is 15.2. The summed E-state index contributed by atoms with van der Waals surface area (Å²) in [6.07, 6.45) is 4.13. The second kappa shape index (κ2) is 5.61. The zero-order chi connectivity index (χ0) is 14.1. The molecule has 1 saturated heterocycles. The van der Waals surface area contributed by atoms with Gasteiger partial charge in [0.05, 0.1) is 0 Å². The first-order valence-corrected chi connectivity index (χ1v) is 7.98. The average Bonchev–Trinajstić information content (AvgIpc) is 2.76. The van der Waals surface area contributed by atoms with E-state index >= 15 is 0 Å². The molecule has 20 heavy (non-hydrogen) atoms. The van der Waals surface area contributed by atoms with Crippen LogP contribution in [0.25, 0.3) is 10.9 Å². The number of benzene rings is 1. The van der Waals surface area contributed by atoms with Crippen molar-refractivity contribution in [1.82, 2.24) is 9.47 Å². The maximum atomic E-state index is 2.61. The van der Waals surface area contributed by atoms with Crippen molar-refractivity contribution in [2.75, 3.05) is 13.1 Å². The number of piperidine rings is 1. The van der Waals surface area contributed by atoms with Gasteiger partial charge < -0.3 is 4.57 Å². The van der Waals surface area contributed by atoms with Gasteiger partial charge in [-0.05, 0) is 64.9 Å². The first kappa shape index (κ1) is 13.7. The molecule has 1 aliphatic rings. The van der Waals surface area contributed by atoms with E-state index in [4.69, 9.17) is 0 Å². The van der Waals surface area contributed by atoms with Gasteiger partial charge in [-0.2, -0.15) is 0 Å². The summed E-state index contributed by atoms with van der Waals surface area (Å²) in [5.74, 6) is 0. The molecule has 108 valence electrons. The number of fused-ring (bicyclic) bond motifs is 1. The Balaban J connectivity index is 1.97. The summed E-state index contributed by atoms with van der Waals surface area (Å²) in [5.41, 5.74) is 4.21. The largest absolute Gasteiger partial charge is 0.341 e. The molecular formula is C18H26N2. The van der Waals surface area contributed by atoms with E-state index in [1.807, 2.05) is 0 Å². The summed E-state index contributed by atoms with van der Waals surface area (Å²) in [7, 11) is 0. The lowest BCUT2D eigenvalue weighted by Gasteiger charge is -2.27. The van der Waals surface area contributed by atoms with Crippen molar-refractivity contribution in [2.45, 2.75) is 52.6 Å². The molecule has 0 N–H and O–H groups in total. The van der Waals surface area contributed by atoms with E-state index in [0.29, 0.717) is 6.04 Å². The third kappa shape index (κ3) is 2.62. The van der Waals surface area contributed by atoms with Crippen molar-refractivity contribution in [3.05, 3.63) is 35.5 Å². The van der Waals surface area contributed by atoms with Gasteiger partial charge in [0.1, 0.15) is 0 Å². The van der Waals surface area contributed by atoms with E-state index < -0.39 is 0 Å². The van der Waals surface area contributed by atoms with Crippen molar-refractivity contribution in [1.29, 1.82) is 0 Å². The van der Waals surface area contributed by atoms with Crippen molar-refractivity contribution in [3.8, 4) is 0 Å². The molecule has 0 spiro atoms. The number of rotatable bonds is 3. The summed E-state index contributed by atoms with van der Waals surface area (Å²) >= 11 is 0. The first-order chi connectivity index (χ1) is 9.65. The highest BCUT2D eigenvalue weighted by molar-refractivity contribution is 5.82. The van der Waals surface area contributed by atoms with E-state index in [2.05, 4.69) is 54.5 Å². The highest BCUT2D eigenvalue weighted by Crippen LogP contribution is 2.26. The van der Waals surface area contributed by atoms with Crippen LogP contribution in [-0.2, 0) is 6.54 Å². The fourth-order valence-corrected chi connectivity index (χ4v) is 3.49. The molecule has 1 aliphatic heterocycles. The minimum atomic E-state index is 0.523. The Labute approximate surface area is 122 Å². The molecular weight excluding hydrogens is 244 g/mol. The van der Waals surface area contributed by atoms with E-state index in [1.54, 1.807) is 0 Å². The lowest BCUT2D eigenvalue weighted by molar-refractivity contribution is 0.215. The molecule has 0 atom stereocenters. The summed E-state index contributed by atoms with van der Waals surface area (Å²) in [4.78, 5) is 2.61. The lowest BCUT2D eigenvalue weighted by Crippen LogP contribution is -2.30. The molecule has 0 unspecified atom stereocenters. The Hall–Kier alpha value is -1.28. The quantitative estimate of drug-likeness (QED) is 0.796. The maximum Gasteiger partial charge on any atom is 0.0485 e. The van der Waals surface area contributed by atoms with E-state index in [9.17, 15) is 0 Å². The van der Waals surface area contributed by atoms with Gasteiger partial charge in [-0.3, -0.25) is 4.90 Å². The minimum Gasteiger partial charge on any atom is -0.341 e. The van der Waals surface area contributed by atoms with Crippen LogP contribution in [0, 0.1) is 6.92 Å². The topological polar surface area (TPSA) is 8.17 Å². The maximum absolute atomic E-state index is 2.61. The molecule has 2 nitrogen and oxygen atoms in total. The molecule has 0 aliphatic carbocycles. The van der Waals surface area contributed by atoms with Crippen molar-refractivity contribution >= 4 is 10.9 Å². The lowest BCUT2D eigenvalue weighted by atomic mass is 10.1. The Bertz CT molecular complexity index is 589. The first-order valence-electron chi connectivity index (χ1n) is 7.98. The predicted octanol–water partition coefficient (Wildman–Crippen LogP) is 4.52. The van der Waals surface area contributed by atoms with Gasteiger partial charge in [-0.1, -0.05) is 18.1 Å². The summed E-state index contributed by atoms with van der Waals surface area (Å²) in [6.45, 7) is 10.4. The number of aromatic nitrogens is 1. The van der Waals surface area contributed by atoms with Crippen LogP contribution in [0.4, 0.5) is 0 Å². The van der Waals surface area contributed by atoms with E-state index in [0.717, 1.165) is 6.54 Å². The number of hydrogen-bond donors (Lipinski definition) is 0. The van der Waals surface area contributed by atoms with Gasteiger partial charge in [0.2, 0.25) is 0 Å². The van der Waals surface area contributed by atoms with Crippen LogP contribution in [0.2, 0.25) is 0 Å². The third-order valence-electron chi connectivity index (χ3n) is 4.42. The Kier molecular flexibility index (Phi) is 3.84.